The molecule has 2 nitrogen and oxygen atoms in total. The van der Waals surface area contributed by atoms with Crippen LogP contribution in [0, 0.1) is 0 Å². The van der Waals surface area contributed by atoms with E-state index in [1.165, 1.54) is 45.4 Å². The molecule has 0 aromatic heterocycles. The van der Waals surface area contributed by atoms with Gasteiger partial charge in [-0.2, -0.15) is 0 Å². The molecule has 0 spiro atoms. The maximum atomic E-state index is 3.80. The molecular weight excluding hydrogens is 184 g/mol. The zero-order valence-corrected chi connectivity index (χ0v) is 10.4. The van der Waals surface area contributed by atoms with E-state index in [1.807, 2.05) is 6.08 Å². The molecule has 0 radical (unpaired) electrons. The van der Waals surface area contributed by atoms with Crippen LogP contribution in [-0.2, 0) is 0 Å². The van der Waals surface area contributed by atoms with Crippen molar-refractivity contribution in [3.8, 4) is 0 Å². The van der Waals surface area contributed by atoms with E-state index >= 15 is 0 Å². The van der Waals surface area contributed by atoms with Gasteiger partial charge >= 0.3 is 0 Å². The zero-order chi connectivity index (χ0) is 11.1. The monoisotopic (exact) mass is 210 g/mol. The van der Waals surface area contributed by atoms with Crippen molar-refractivity contribution in [2.24, 2.45) is 0 Å². The average molecular weight is 210 g/mol. The summed E-state index contributed by atoms with van der Waals surface area (Å²) in [4.78, 5) is 2.59. The maximum Gasteiger partial charge on any atom is 0.0303 e. The van der Waals surface area contributed by atoms with Gasteiger partial charge in [-0.1, -0.05) is 19.9 Å². The van der Waals surface area contributed by atoms with Crippen LogP contribution < -0.4 is 5.32 Å². The fourth-order valence-corrected chi connectivity index (χ4v) is 2.41. The van der Waals surface area contributed by atoms with E-state index in [1.54, 1.807) is 0 Å². The molecule has 0 aliphatic carbocycles. The molecule has 1 aliphatic rings. The van der Waals surface area contributed by atoms with Crippen molar-refractivity contribution in [3.05, 3.63) is 12.7 Å². The van der Waals surface area contributed by atoms with Gasteiger partial charge in [0.1, 0.15) is 0 Å². The van der Waals surface area contributed by atoms with E-state index in [2.05, 4.69) is 30.6 Å². The first kappa shape index (κ1) is 12.7. The lowest BCUT2D eigenvalue weighted by Crippen LogP contribution is -2.50. The van der Waals surface area contributed by atoms with Crippen LogP contribution in [0.25, 0.3) is 0 Å². The van der Waals surface area contributed by atoms with Crippen molar-refractivity contribution in [1.29, 1.82) is 0 Å². The van der Waals surface area contributed by atoms with Gasteiger partial charge in [0.25, 0.3) is 0 Å². The first-order valence-corrected chi connectivity index (χ1v) is 6.34. The molecule has 0 unspecified atom stereocenters. The van der Waals surface area contributed by atoms with E-state index in [0.717, 1.165) is 6.42 Å². The van der Waals surface area contributed by atoms with E-state index in [9.17, 15) is 0 Å². The van der Waals surface area contributed by atoms with Crippen molar-refractivity contribution in [3.63, 3.8) is 0 Å². The second-order valence-electron chi connectivity index (χ2n) is 4.62. The van der Waals surface area contributed by atoms with Crippen LogP contribution in [0.4, 0.5) is 0 Å². The lowest BCUT2D eigenvalue weighted by atomic mass is 9.92. The van der Waals surface area contributed by atoms with Crippen molar-refractivity contribution in [2.45, 2.75) is 45.1 Å². The van der Waals surface area contributed by atoms with Crippen LogP contribution in [0.5, 0.6) is 0 Å². The second-order valence-corrected chi connectivity index (χ2v) is 4.62. The van der Waals surface area contributed by atoms with Crippen molar-refractivity contribution >= 4 is 0 Å². The summed E-state index contributed by atoms with van der Waals surface area (Å²) in [6, 6.07) is 0. The standard InChI is InChI=1S/C13H26N2/c1-4-7-10-15-11-8-9-14-13(5-2,6-3)12-15/h4,14H,1,5-12H2,2-3H3. The van der Waals surface area contributed by atoms with Gasteiger partial charge < -0.3 is 10.2 Å². The molecular formula is C13H26N2. The van der Waals surface area contributed by atoms with Gasteiger partial charge in [-0.3, -0.25) is 0 Å². The number of nitrogens with zero attached hydrogens (tertiary/aromatic N) is 1. The Morgan fingerprint density at radius 2 is 2.13 bits per heavy atom. The second kappa shape index (κ2) is 6.29. The molecule has 0 bridgehead atoms. The SMILES string of the molecule is C=CCCN1CCCNC(CC)(CC)C1. The summed E-state index contributed by atoms with van der Waals surface area (Å²) >= 11 is 0. The van der Waals surface area contributed by atoms with Gasteiger partial charge in [-0.25, -0.2) is 0 Å². The average Bonchev–Trinajstić information content (AvgIpc) is 2.49. The largest absolute Gasteiger partial charge is 0.310 e. The highest BCUT2D eigenvalue weighted by Gasteiger charge is 2.29. The fourth-order valence-electron chi connectivity index (χ4n) is 2.41. The molecule has 88 valence electrons. The number of hydrogen-bond donors (Lipinski definition) is 1. The quantitative estimate of drug-likeness (QED) is 0.701. The summed E-state index contributed by atoms with van der Waals surface area (Å²) in [5.41, 5.74) is 0.359. The lowest BCUT2D eigenvalue weighted by Gasteiger charge is -2.35. The third-order valence-electron chi connectivity index (χ3n) is 3.68. The zero-order valence-electron chi connectivity index (χ0n) is 10.4. The van der Waals surface area contributed by atoms with E-state index < -0.39 is 0 Å². The van der Waals surface area contributed by atoms with Crippen molar-refractivity contribution in [2.75, 3.05) is 26.2 Å². The highest BCUT2D eigenvalue weighted by molar-refractivity contribution is 4.91. The van der Waals surface area contributed by atoms with Crippen LogP contribution in [0.3, 0.4) is 0 Å². The number of nitrogens with one attached hydrogen (secondary N) is 1. The maximum absolute atomic E-state index is 3.80. The number of hydrogen-bond acceptors (Lipinski definition) is 2. The molecule has 15 heavy (non-hydrogen) atoms. The van der Waals surface area contributed by atoms with Gasteiger partial charge in [-0.05, 0) is 38.8 Å². The normalized spacial score (nSPS) is 22.3. The Labute approximate surface area is 94.7 Å². The predicted octanol–water partition coefficient (Wildman–Crippen LogP) is 2.42. The van der Waals surface area contributed by atoms with E-state index in [-0.39, 0.29) is 0 Å². The van der Waals surface area contributed by atoms with Crippen LogP contribution in [0.1, 0.15) is 39.5 Å². The lowest BCUT2D eigenvalue weighted by molar-refractivity contribution is 0.199. The molecule has 0 atom stereocenters. The molecule has 0 aromatic rings. The Kier molecular flexibility index (Phi) is 5.34. The summed E-state index contributed by atoms with van der Waals surface area (Å²) in [5, 5.41) is 3.73. The molecule has 1 N–H and O–H groups in total. The minimum Gasteiger partial charge on any atom is -0.310 e. The highest BCUT2D eigenvalue weighted by Crippen LogP contribution is 2.19. The Hall–Kier alpha value is -0.340. The predicted molar refractivity (Wildman–Crippen MR) is 67.2 cm³/mol. The summed E-state index contributed by atoms with van der Waals surface area (Å²) in [6.45, 7) is 13.2. The Morgan fingerprint density at radius 1 is 1.40 bits per heavy atom. The van der Waals surface area contributed by atoms with Crippen LogP contribution in [-0.4, -0.2) is 36.6 Å². The van der Waals surface area contributed by atoms with Crippen LogP contribution >= 0.6 is 0 Å². The summed E-state index contributed by atoms with van der Waals surface area (Å²) in [7, 11) is 0. The topological polar surface area (TPSA) is 15.3 Å². The molecule has 1 rings (SSSR count). The van der Waals surface area contributed by atoms with Crippen LogP contribution in [0.2, 0.25) is 0 Å². The molecule has 2 heteroatoms. The van der Waals surface area contributed by atoms with Crippen molar-refractivity contribution < 1.29 is 0 Å². The Morgan fingerprint density at radius 3 is 2.73 bits per heavy atom. The third-order valence-corrected chi connectivity index (χ3v) is 3.68. The summed E-state index contributed by atoms with van der Waals surface area (Å²) < 4.78 is 0. The van der Waals surface area contributed by atoms with E-state index in [0.29, 0.717) is 5.54 Å². The van der Waals surface area contributed by atoms with Gasteiger partial charge in [0.15, 0.2) is 0 Å². The first-order valence-electron chi connectivity index (χ1n) is 6.34. The Balaban J connectivity index is 2.55. The van der Waals surface area contributed by atoms with Gasteiger partial charge in [-0.15, -0.1) is 6.58 Å². The molecule has 1 aliphatic heterocycles. The minimum atomic E-state index is 0.359. The molecule has 0 aromatic carbocycles. The molecule has 1 saturated heterocycles. The summed E-state index contributed by atoms with van der Waals surface area (Å²) in [6.07, 6.45) is 6.88. The van der Waals surface area contributed by atoms with Gasteiger partial charge in [0, 0.05) is 18.6 Å². The third kappa shape index (κ3) is 3.62. The van der Waals surface area contributed by atoms with Crippen LogP contribution in [0.15, 0.2) is 12.7 Å². The van der Waals surface area contributed by atoms with Crippen molar-refractivity contribution in [1.82, 2.24) is 10.2 Å². The highest BCUT2D eigenvalue weighted by atomic mass is 15.2. The molecule has 0 amide bonds. The van der Waals surface area contributed by atoms with E-state index in [4.69, 9.17) is 0 Å². The Bertz CT molecular complexity index is 185. The smallest absolute Gasteiger partial charge is 0.0303 e. The number of rotatable bonds is 5. The summed E-state index contributed by atoms with van der Waals surface area (Å²) in [5.74, 6) is 0. The van der Waals surface area contributed by atoms with Gasteiger partial charge in [0.05, 0.1) is 0 Å². The fraction of sp³-hybridized carbons (Fsp3) is 0.846. The first-order chi connectivity index (χ1) is 7.26. The minimum absolute atomic E-state index is 0.359. The molecule has 0 saturated carbocycles. The van der Waals surface area contributed by atoms with Gasteiger partial charge in [0.2, 0.25) is 0 Å². The molecule has 1 fully saturated rings. The molecule has 1 heterocycles.